The molecule has 0 bridgehead atoms. The summed E-state index contributed by atoms with van der Waals surface area (Å²) in [4.78, 5) is 4.08. The predicted molar refractivity (Wildman–Crippen MR) is 141 cm³/mol. The van der Waals surface area contributed by atoms with E-state index in [0.717, 1.165) is 28.4 Å². The number of nitriles is 1. The second-order valence-corrected chi connectivity index (χ2v) is 12.0. The minimum absolute atomic E-state index is 0.0820. The molecule has 36 heavy (non-hydrogen) atoms. The Morgan fingerprint density at radius 2 is 1.94 bits per heavy atom. The highest BCUT2D eigenvalue weighted by molar-refractivity contribution is 9.10. The maximum absolute atomic E-state index is 13.9. The first-order chi connectivity index (χ1) is 17.2. The second-order valence-electron chi connectivity index (χ2n) is 9.94. The maximum atomic E-state index is 13.9. The lowest BCUT2D eigenvalue weighted by Gasteiger charge is -2.56. The van der Waals surface area contributed by atoms with Crippen LogP contribution in [-0.4, -0.2) is 45.7 Å². The second kappa shape index (κ2) is 10.7. The van der Waals surface area contributed by atoms with E-state index in [1.807, 2.05) is 26.0 Å². The summed E-state index contributed by atoms with van der Waals surface area (Å²) in [5.74, 6) is -1.35. The van der Waals surface area contributed by atoms with E-state index in [4.69, 9.17) is 14.2 Å². The van der Waals surface area contributed by atoms with E-state index in [1.165, 1.54) is 10.3 Å². The number of nitrogens with one attached hydrogen (secondary N) is 1. The summed E-state index contributed by atoms with van der Waals surface area (Å²) in [6, 6.07) is 8.54. The molecule has 1 aromatic carbocycles. The van der Waals surface area contributed by atoms with Gasteiger partial charge in [-0.15, -0.1) is 3.97 Å². The largest absolute Gasteiger partial charge is 0.573 e. The topological polar surface area (TPSA) is 104 Å². The highest BCUT2D eigenvalue weighted by atomic mass is 79.9. The van der Waals surface area contributed by atoms with Crippen molar-refractivity contribution < 1.29 is 18.8 Å². The molecular formula is C26H35BrN4O4S. The fourth-order valence-corrected chi connectivity index (χ4v) is 8.45. The van der Waals surface area contributed by atoms with Gasteiger partial charge in [0.05, 0.1) is 12.3 Å². The minimum atomic E-state index is -1.76. The Morgan fingerprint density at radius 3 is 2.47 bits per heavy atom. The molecule has 10 heteroatoms. The standard InChI is InChI=1S/C26H35BrN4O4S/c1-6-34-25(16-28,35-7-2)26(30-36(32)31-11-10-29-17-31)22-12-21(27)9-8-20(22)15-24(26)13-18(3)23(33-5)19(4)14-24/h8-12,17-19,23,30H,6-7,13-15H2,1-5H3/t18-,19+,23?,24?,26-,36?/m0/s1. The van der Waals surface area contributed by atoms with E-state index in [9.17, 15) is 9.81 Å². The number of rotatable bonds is 9. The maximum Gasteiger partial charge on any atom is 0.287 e. The van der Waals surface area contributed by atoms with Crippen LogP contribution in [0.5, 0.6) is 0 Å². The van der Waals surface area contributed by atoms with Crippen LogP contribution in [-0.2, 0) is 37.7 Å². The van der Waals surface area contributed by atoms with E-state index in [2.05, 4.69) is 51.6 Å². The number of fused-ring (bicyclic) bond motifs is 1. The molecular weight excluding hydrogens is 544 g/mol. The Bertz CT molecular complexity index is 1080. The van der Waals surface area contributed by atoms with Gasteiger partial charge in [-0.2, -0.15) is 5.26 Å². The molecule has 0 amide bonds. The van der Waals surface area contributed by atoms with Crippen molar-refractivity contribution in [2.75, 3.05) is 20.3 Å². The zero-order chi connectivity index (χ0) is 26.1. The van der Waals surface area contributed by atoms with Crippen LogP contribution in [0.15, 0.2) is 41.4 Å². The van der Waals surface area contributed by atoms with Gasteiger partial charge in [0.15, 0.2) is 17.1 Å². The van der Waals surface area contributed by atoms with Gasteiger partial charge in [0, 0.05) is 36.4 Å². The quantitative estimate of drug-likeness (QED) is 0.345. The normalized spacial score (nSPS) is 30.8. The number of halogens is 1. The number of nitrogens with zero attached hydrogens (tertiary/aromatic N) is 3. The summed E-state index contributed by atoms with van der Waals surface area (Å²) in [6.45, 7) is 8.58. The van der Waals surface area contributed by atoms with Crippen LogP contribution < -0.4 is 4.72 Å². The average Bonchev–Trinajstić information content (AvgIpc) is 3.45. The molecule has 8 nitrogen and oxygen atoms in total. The predicted octanol–water partition coefficient (Wildman–Crippen LogP) is 4.47. The Labute approximate surface area is 225 Å². The molecule has 2 aliphatic rings. The smallest absolute Gasteiger partial charge is 0.287 e. The molecule has 4 rings (SSSR count). The van der Waals surface area contributed by atoms with Crippen LogP contribution in [0.2, 0.25) is 0 Å². The van der Waals surface area contributed by atoms with Crippen LogP contribution >= 0.6 is 15.9 Å². The number of benzene rings is 1. The van der Waals surface area contributed by atoms with Crippen molar-refractivity contribution in [3.8, 4) is 6.07 Å². The van der Waals surface area contributed by atoms with Crippen LogP contribution in [0.3, 0.4) is 0 Å². The number of methoxy groups -OCH3 is 1. The Balaban J connectivity index is 2.04. The lowest BCUT2D eigenvalue weighted by molar-refractivity contribution is -0.271. The number of aromatic nitrogens is 2. The molecule has 2 aromatic rings. The number of hydrogen-bond donors (Lipinski definition) is 1. The molecule has 1 spiro atoms. The van der Waals surface area contributed by atoms with Crippen molar-refractivity contribution in [1.82, 2.24) is 13.7 Å². The van der Waals surface area contributed by atoms with Crippen molar-refractivity contribution in [2.24, 2.45) is 17.3 Å². The molecule has 1 N–H and O–H groups in total. The number of imidazole rings is 1. The van der Waals surface area contributed by atoms with Crippen molar-refractivity contribution in [2.45, 2.75) is 64.4 Å². The highest BCUT2D eigenvalue weighted by Gasteiger charge is 2.74. The van der Waals surface area contributed by atoms with Crippen LogP contribution in [0.4, 0.5) is 0 Å². The summed E-state index contributed by atoms with van der Waals surface area (Å²) < 4.78 is 38.3. The summed E-state index contributed by atoms with van der Waals surface area (Å²) in [6.07, 6.45) is 6.97. The molecule has 0 radical (unpaired) electrons. The van der Waals surface area contributed by atoms with Gasteiger partial charge in [-0.3, -0.25) is 0 Å². The zero-order valence-corrected chi connectivity index (χ0v) is 23.9. The molecule has 1 saturated carbocycles. The van der Waals surface area contributed by atoms with E-state index in [1.54, 1.807) is 19.5 Å². The molecule has 1 fully saturated rings. The average molecular weight is 580 g/mol. The van der Waals surface area contributed by atoms with Gasteiger partial charge in [-0.05, 0) is 68.2 Å². The first-order valence-electron chi connectivity index (χ1n) is 12.4. The summed E-state index contributed by atoms with van der Waals surface area (Å²) in [5.41, 5.74) is 0.156. The molecule has 3 unspecified atom stereocenters. The van der Waals surface area contributed by atoms with Crippen LogP contribution in [0.25, 0.3) is 0 Å². The van der Waals surface area contributed by atoms with Gasteiger partial charge in [0.2, 0.25) is 0 Å². The first kappa shape index (κ1) is 27.6. The third-order valence-corrected chi connectivity index (χ3v) is 9.44. The van der Waals surface area contributed by atoms with Gasteiger partial charge in [-0.25, -0.2) is 4.98 Å². The number of hydrogen-bond acceptors (Lipinski definition) is 7. The van der Waals surface area contributed by atoms with Gasteiger partial charge in [0.25, 0.3) is 5.79 Å². The first-order valence-corrected chi connectivity index (χ1v) is 14.3. The van der Waals surface area contributed by atoms with Crippen LogP contribution in [0, 0.1) is 28.6 Å². The third kappa shape index (κ3) is 4.23. The van der Waals surface area contributed by atoms with Gasteiger partial charge in [-0.1, -0.05) is 40.6 Å². The lowest BCUT2D eigenvalue weighted by atomic mass is 9.54. The summed E-state index contributed by atoms with van der Waals surface area (Å²) >= 11 is 1.88. The van der Waals surface area contributed by atoms with Gasteiger partial charge in [0.1, 0.15) is 12.4 Å². The lowest BCUT2D eigenvalue weighted by Crippen LogP contribution is -2.71. The molecule has 196 valence electrons. The summed E-state index contributed by atoms with van der Waals surface area (Å²) in [7, 11) is 1.76. The third-order valence-electron chi connectivity index (χ3n) is 7.87. The Morgan fingerprint density at radius 1 is 1.28 bits per heavy atom. The van der Waals surface area contributed by atoms with Crippen molar-refractivity contribution in [3.05, 3.63) is 52.5 Å². The van der Waals surface area contributed by atoms with Crippen LogP contribution in [0.1, 0.15) is 51.7 Å². The monoisotopic (exact) mass is 578 g/mol. The fraction of sp³-hybridized carbons (Fsp3) is 0.615. The molecule has 0 aliphatic heterocycles. The van der Waals surface area contributed by atoms with E-state index < -0.39 is 28.3 Å². The molecule has 2 aliphatic carbocycles. The highest BCUT2D eigenvalue weighted by Crippen LogP contribution is 2.65. The van der Waals surface area contributed by atoms with Gasteiger partial charge >= 0.3 is 0 Å². The Hall–Kier alpha value is -1.45. The SMILES string of the molecule is CCOC(C#N)(OCC)[C@]1(N[S+]([O-])n2ccnc2)c2cc(Br)ccc2CC12C[C@@H](C)C(OC)[C@@H](C)C2. The number of ether oxygens (including phenoxy) is 3. The van der Waals surface area contributed by atoms with Crippen molar-refractivity contribution >= 4 is 27.5 Å². The molecule has 6 atom stereocenters. The molecule has 1 aromatic heterocycles. The molecule has 0 saturated heterocycles. The van der Waals surface area contributed by atoms with Crippen molar-refractivity contribution in [3.63, 3.8) is 0 Å². The van der Waals surface area contributed by atoms with Crippen molar-refractivity contribution in [1.29, 1.82) is 5.26 Å². The van der Waals surface area contributed by atoms with E-state index >= 15 is 0 Å². The Kier molecular flexibility index (Phi) is 8.22. The minimum Gasteiger partial charge on any atom is -0.573 e. The van der Waals surface area contributed by atoms with E-state index in [0.29, 0.717) is 6.42 Å². The summed E-state index contributed by atoms with van der Waals surface area (Å²) in [5, 5.41) is 10.9. The van der Waals surface area contributed by atoms with Gasteiger partial charge < -0.3 is 18.8 Å². The van der Waals surface area contributed by atoms with E-state index in [-0.39, 0.29) is 31.2 Å². The fourth-order valence-electron chi connectivity index (χ4n) is 6.96. The molecule has 1 heterocycles. The zero-order valence-electron chi connectivity index (χ0n) is 21.5.